The largest absolute Gasteiger partial charge is 0.392 e. The van der Waals surface area contributed by atoms with E-state index in [-0.39, 0.29) is 6.61 Å². The molecule has 0 aromatic carbocycles. The monoisotopic (exact) mass is 239 g/mol. The molecule has 0 spiro atoms. The Hall–Kier alpha value is -1.20. The highest BCUT2D eigenvalue weighted by Crippen LogP contribution is 2.09. The Morgan fingerprint density at radius 3 is 2.47 bits per heavy atom. The van der Waals surface area contributed by atoms with Crippen molar-refractivity contribution < 1.29 is 9.84 Å². The third-order valence-corrected chi connectivity index (χ3v) is 2.31. The Balaban J connectivity index is 2.72. The van der Waals surface area contributed by atoms with Crippen molar-refractivity contribution in [1.29, 1.82) is 0 Å². The normalized spacial score (nSPS) is 10.9. The first kappa shape index (κ1) is 13.9. The van der Waals surface area contributed by atoms with E-state index < -0.39 is 0 Å². The fourth-order valence-electron chi connectivity index (χ4n) is 1.51. The smallest absolute Gasteiger partial charge is 0.225 e. The fourth-order valence-corrected chi connectivity index (χ4v) is 1.51. The molecule has 1 aromatic rings. The summed E-state index contributed by atoms with van der Waals surface area (Å²) in [5, 5.41) is 8.94. The second kappa shape index (κ2) is 7.19. The molecule has 0 unspecified atom stereocenters. The first-order valence-electron chi connectivity index (χ1n) is 5.83. The molecular formula is C12H21N3O2. The number of aliphatic hydroxyl groups excluding tert-OH is 1. The molecule has 0 aliphatic heterocycles. The van der Waals surface area contributed by atoms with Gasteiger partial charge in [0.1, 0.15) is 0 Å². The molecule has 0 saturated heterocycles. The van der Waals surface area contributed by atoms with Crippen LogP contribution in [0.2, 0.25) is 0 Å². The van der Waals surface area contributed by atoms with Gasteiger partial charge in [-0.25, -0.2) is 9.97 Å². The van der Waals surface area contributed by atoms with Gasteiger partial charge >= 0.3 is 0 Å². The Morgan fingerprint density at radius 1 is 1.35 bits per heavy atom. The van der Waals surface area contributed by atoms with Crippen molar-refractivity contribution in [3.8, 4) is 0 Å². The van der Waals surface area contributed by atoms with Crippen molar-refractivity contribution in [2.24, 2.45) is 5.92 Å². The number of hydrogen-bond donors (Lipinski definition) is 1. The highest BCUT2D eigenvalue weighted by Gasteiger charge is 2.10. The molecule has 1 N–H and O–H groups in total. The lowest BCUT2D eigenvalue weighted by Gasteiger charge is -2.24. The van der Waals surface area contributed by atoms with Gasteiger partial charge in [0.2, 0.25) is 5.95 Å². The summed E-state index contributed by atoms with van der Waals surface area (Å²) in [4.78, 5) is 10.6. The van der Waals surface area contributed by atoms with Gasteiger partial charge in [-0.05, 0) is 5.92 Å². The van der Waals surface area contributed by atoms with Crippen LogP contribution in [0.4, 0.5) is 5.95 Å². The summed E-state index contributed by atoms with van der Waals surface area (Å²) in [5.74, 6) is 1.22. The van der Waals surface area contributed by atoms with E-state index >= 15 is 0 Å². The van der Waals surface area contributed by atoms with E-state index in [1.165, 1.54) is 0 Å². The quantitative estimate of drug-likeness (QED) is 0.771. The van der Waals surface area contributed by atoms with Gasteiger partial charge < -0.3 is 14.7 Å². The first-order chi connectivity index (χ1) is 8.17. The van der Waals surface area contributed by atoms with Crippen molar-refractivity contribution >= 4 is 5.95 Å². The van der Waals surface area contributed by atoms with Gasteiger partial charge in [0, 0.05) is 38.2 Å². The molecule has 5 nitrogen and oxygen atoms in total. The lowest BCUT2D eigenvalue weighted by Crippen LogP contribution is -2.32. The molecule has 1 rings (SSSR count). The zero-order valence-electron chi connectivity index (χ0n) is 10.8. The van der Waals surface area contributed by atoms with Gasteiger partial charge in [0.15, 0.2) is 0 Å². The van der Waals surface area contributed by atoms with Crippen LogP contribution in [0.5, 0.6) is 0 Å². The van der Waals surface area contributed by atoms with Crippen LogP contribution in [0, 0.1) is 5.92 Å². The van der Waals surface area contributed by atoms with Crippen LogP contribution < -0.4 is 4.90 Å². The second-order valence-electron chi connectivity index (χ2n) is 4.38. The Bertz CT molecular complexity index is 314. The third kappa shape index (κ3) is 4.66. The molecular weight excluding hydrogens is 218 g/mol. The highest BCUT2D eigenvalue weighted by atomic mass is 16.5. The van der Waals surface area contributed by atoms with Crippen LogP contribution in [0.1, 0.15) is 19.4 Å². The molecule has 0 fully saturated rings. The van der Waals surface area contributed by atoms with Gasteiger partial charge in [-0.1, -0.05) is 13.8 Å². The topological polar surface area (TPSA) is 58.5 Å². The number of aliphatic hydroxyl groups is 1. The number of nitrogens with zero attached hydrogens (tertiary/aromatic N) is 3. The fraction of sp³-hybridized carbons (Fsp3) is 0.667. The number of methoxy groups -OCH3 is 1. The Labute approximate surface area is 102 Å². The minimum absolute atomic E-state index is 0.0253. The predicted octanol–water partition coefficient (Wildman–Crippen LogP) is 1.08. The maximum atomic E-state index is 8.94. The van der Waals surface area contributed by atoms with Crippen molar-refractivity contribution in [1.82, 2.24) is 9.97 Å². The standard InChI is InChI=1S/C12H21N3O2/c1-10(2)8-15(4-5-17-3)12-13-6-11(9-16)7-14-12/h6-7,10,16H,4-5,8-9H2,1-3H3. The van der Waals surface area contributed by atoms with E-state index in [0.29, 0.717) is 18.5 Å². The molecule has 0 aliphatic rings. The molecule has 0 atom stereocenters. The van der Waals surface area contributed by atoms with Crippen molar-refractivity contribution in [2.45, 2.75) is 20.5 Å². The van der Waals surface area contributed by atoms with Gasteiger partial charge in [-0.2, -0.15) is 0 Å². The minimum Gasteiger partial charge on any atom is -0.392 e. The van der Waals surface area contributed by atoms with E-state index in [1.54, 1.807) is 19.5 Å². The summed E-state index contributed by atoms with van der Waals surface area (Å²) < 4.78 is 5.08. The molecule has 1 heterocycles. The lowest BCUT2D eigenvalue weighted by atomic mass is 10.2. The molecule has 0 radical (unpaired) electrons. The molecule has 0 amide bonds. The summed E-state index contributed by atoms with van der Waals surface area (Å²) >= 11 is 0. The summed E-state index contributed by atoms with van der Waals surface area (Å²) in [6, 6.07) is 0. The van der Waals surface area contributed by atoms with Crippen molar-refractivity contribution in [3.05, 3.63) is 18.0 Å². The number of ether oxygens (including phenoxy) is 1. The maximum absolute atomic E-state index is 8.94. The van der Waals surface area contributed by atoms with Gasteiger partial charge in [-0.15, -0.1) is 0 Å². The minimum atomic E-state index is -0.0253. The molecule has 0 saturated carbocycles. The van der Waals surface area contributed by atoms with Crippen LogP contribution in [0.15, 0.2) is 12.4 Å². The average molecular weight is 239 g/mol. The van der Waals surface area contributed by atoms with Gasteiger partial charge in [0.05, 0.1) is 13.2 Å². The number of aromatic nitrogens is 2. The zero-order valence-corrected chi connectivity index (χ0v) is 10.8. The van der Waals surface area contributed by atoms with Crippen LogP contribution in [0.3, 0.4) is 0 Å². The summed E-state index contributed by atoms with van der Waals surface area (Å²) in [7, 11) is 1.68. The molecule has 0 aliphatic carbocycles. The third-order valence-electron chi connectivity index (χ3n) is 2.31. The molecule has 17 heavy (non-hydrogen) atoms. The number of anilines is 1. The molecule has 96 valence electrons. The molecule has 0 bridgehead atoms. The number of hydrogen-bond acceptors (Lipinski definition) is 5. The van der Waals surface area contributed by atoms with E-state index in [2.05, 4.69) is 28.7 Å². The number of rotatable bonds is 7. The van der Waals surface area contributed by atoms with Crippen LogP contribution in [0.25, 0.3) is 0 Å². The van der Waals surface area contributed by atoms with E-state index in [9.17, 15) is 0 Å². The predicted molar refractivity (Wildman–Crippen MR) is 66.9 cm³/mol. The summed E-state index contributed by atoms with van der Waals surface area (Å²) in [6.07, 6.45) is 3.31. The van der Waals surface area contributed by atoms with Gasteiger partial charge in [-0.3, -0.25) is 0 Å². The van der Waals surface area contributed by atoms with Crippen molar-refractivity contribution in [2.75, 3.05) is 31.7 Å². The van der Waals surface area contributed by atoms with Gasteiger partial charge in [0.25, 0.3) is 0 Å². The maximum Gasteiger partial charge on any atom is 0.225 e. The average Bonchev–Trinajstić information content (AvgIpc) is 2.34. The van der Waals surface area contributed by atoms with Crippen LogP contribution >= 0.6 is 0 Å². The first-order valence-corrected chi connectivity index (χ1v) is 5.83. The lowest BCUT2D eigenvalue weighted by molar-refractivity contribution is 0.204. The van der Waals surface area contributed by atoms with Crippen LogP contribution in [-0.2, 0) is 11.3 Å². The highest BCUT2D eigenvalue weighted by molar-refractivity contribution is 5.29. The summed E-state index contributed by atoms with van der Waals surface area (Å²) in [6.45, 7) is 6.60. The van der Waals surface area contributed by atoms with Crippen molar-refractivity contribution in [3.63, 3.8) is 0 Å². The Morgan fingerprint density at radius 2 is 2.00 bits per heavy atom. The zero-order chi connectivity index (χ0) is 12.7. The second-order valence-corrected chi connectivity index (χ2v) is 4.38. The summed E-state index contributed by atoms with van der Waals surface area (Å²) in [5.41, 5.74) is 0.727. The van der Waals surface area contributed by atoms with E-state index in [4.69, 9.17) is 9.84 Å². The van der Waals surface area contributed by atoms with E-state index in [1.807, 2.05) is 0 Å². The SMILES string of the molecule is COCCN(CC(C)C)c1ncc(CO)cn1. The molecule has 1 aromatic heterocycles. The molecule has 5 heteroatoms. The Kier molecular flexibility index (Phi) is 5.86. The van der Waals surface area contributed by atoms with E-state index in [0.717, 1.165) is 18.7 Å². The van der Waals surface area contributed by atoms with Crippen LogP contribution in [-0.4, -0.2) is 41.9 Å².